The van der Waals surface area contributed by atoms with Gasteiger partial charge in [0, 0.05) is 31.4 Å². The molecule has 0 saturated carbocycles. The number of anilines is 1. The molecule has 0 bridgehead atoms. The predicted octanol–water partition coefficient (Wildman–Crippen LogP) is 2.65. The van der Waals surface area contributed by atoms with E-state index in [1.165, 1.54) is 0 Å². The number of aliphatic hydroxyl groups excluding tert-OH is 1. The minimum absolute atomic E-state index is 0.0925. The Hall–Kier alpha value is -2.38. The van der Waals surface area contributed by atoms with Crippen LogP contribution < -0.4 is 10.6 Å². The Morgan fingerprint density at radius 3 is 2.64 bits per heavy atom. The number of nitrogens with one attached hydrogen (secondary N) is 2. The fourth-order valence-electron chi connectivity index (χ4n) is 2.44. The van der Waals surface area contributed by atoms with E-state index in [0.29, 0.717) is 18.8 Å². The summed E-state index contributed by atoms with van der Waals surface area (Å²) in [6.07, 6.45) is 0.541. The maximum atomic E-state index is 12.3. The molecule has 0 aliphatic carbocycles. The Labute approximate surface area is 148 Å². The molecule has 7 nitrogen and oxygen atoms in total. The molecule has 136 valence electrons. The monoisotopic (exact) mass is 346 g/mol. The van der Waals surface area contributed by atoms with Crippen molar-refractivity contribution in [3.05, 3.63) is 36.4 Å². The molecule has 0 spiro atoms. The van der Waals surface area contributed by atoms with Gasteiger partial charge in [0.2, 0.25) is 0 Å². The Bertz CT molecular complexity index is 670. The van der Waals surface area contributed by atoms with Crippen molar-refractivity contribution in [2.45, 2.75) is 32.4 Å². The Morgan fingerprint density at radius 1 is 1.32 bits per heavy atom. The van der Waals surface area contributed by atoms with E-state index >= 15 is 0 Å². The minimum atomic E-state index is -0.378. The van der Waals surface area contributed by atoms with Crippen molar-refractivity contribution in [1.82, 2.24) is 15.1 Å². The number of amides is 2. The Morgan fingerprint density at radius 2 is 2.04 bits per heavy atom. The summed E-state index contributed by atoms with van der Waals surface area (Å²) in [6.45, 7) is 4.32. The number of carbonyl (C=O) groups is 1. The van der Waals surface area contributed by atoms with Crippen molar-refractivity contribution in [3.63, 3.8) is 0 Å². The Kier molecular flexibility index (Phi) is 6.97. The minimum Gasteiger partial charge on any atom is -0.394 e. The summed E-state index contributed by atoms with van der Waals surface area (Å²) >= 11 is 0. The molecule has 1 heterocycles. The summed E-state index contributed by atoms with van der Waals surface area (Å²) in [5.74, 6) is 0.606. The van der Waals surface area contributed by atoms with E-state index in [0.717, 1.165) is 11.3 Å². The number of rotatable bonds is 8. The van der Waals surface area contributed by atoms with Gasteiger partial charge in [0.25, 0.3) is 0 Å². The molecule has 0 aliphatic heterocycles. The van der Waals surface area contributed by atoms with Gasteiger partial charge in [-0.05, 0) is 20.3 Å². The van der Waals surface area contributed by atoms with Crippen LogP contribution in [0, 0.1) is 0 Å². The van der Waals surface area contributed by atoms with E-state index in [9.17, 15) is 9.90 Å². The lowest BCUT2D eigenvalue weighted by Crippen LogP contribution is -2.41. The second-order valence-electron chi connectivity index (χ2n) is 6.08. The molecule has 0 radical (unpaired) electrons. The molecule has 0 unspecified atom stereocenters. The number of methoxy groups -OCH3 is 1. The van der Waals surface area contributed by atoms with Crippen LogP contribution in [0.4, 0.5) is 10.6 Å². The molecule has 2 amide bonds. The fourth-order valence-corrected chi connectivity index (χ4v) is 2.44. The molecule has 7 heteroatoms. The highest BCUT2D eigenvalue weighted by atomic mass is 16.5. The van der Waals surface area contributed by atoms with Crippen LogP contribution in [0.2, 0.25) is 0 Å². The van der Waals surface area contributed by atoms with Gasteiger partial charge in [-0.2, -0.15) is 5.10 Å². The molecule has 1 atom stereocenters. The molecule has 2 rings (SSSR count). The third-order valence-corrected chi connectivity index (χ3v) is 3.76. The Balaban J connectivity index is 2.12. The van der Waals surface area contributed by atoms with Gasteiger partial charge in [0.05, 0.1) is 18.3 Å². The number of hydrogen-bond acceptors (Lipinski definition) is 4. The lowest BCUT2D eigenvalue weighted by atomic mass is 10.2. The maximum absolute atomic E-state index is 12.3. The van der Waals surface area contributed by atoms with Crippen LogP contribution >= 0.6 is 0 Å². The number of nitrogens with zero attached hydrogens (tertiary/aromatic N) is 2. The van der Waals surface area contributed by atoms with Crippen LogP contribution in [0.3, 0.4) is 0 Å². The van der Waals surface area contributed by atoms with Crippen molar-refractivity contribution < 1.29 is 14.6 Å². The van der Waals surface area contributed by atoms with Gasteiger partial charge in [0.15, 0.2) is 0 Å². The number of hydrogen-bond donors (Lipinski definition) is 3. The van der Waals surface area contributed by atoms with Crippen molar-refractivity contribution in [3.8, 4) is 11.3 Å². The van der Waals surface area contributed by atoms with Crippen LogP contribution in [-0.4, -0.2) is 47.3 Å². The summed E-state index contributed by atoms with van der Waals surface area (Å²) in [7, 11) is 1.58. The molecule has 25 heavy (non-hydrogen) atoms. The van der Waals surface area contributed by atoms with Gasteiger partial charge in [-0.3, -0.25) is 5.32 Å². The average molecular weight is 346 g/mol. The number of benzene rings is 1. The molecule has 0 fully saturated rings. The molecule has 0 aliphatic rings. The van der Waals surface area contributed by atoms with Crippen molar-refractivity contribution in [2.75, 3.05) is 25.6 Å². The summed E-state index contributed by atoms with van der Waals surface area (Å²) in [4.78, 5) is 12.3. The van der Waals surface area contributed by atoms with E-state index in [1.54, 1.807) is 11.8 Å². The number of aromatic nitrogens is 2. The lowest BCUT2D eigenvalue weighted by Gasteiger charge is -2.17. The van der Waals surface area contributed by atoms with Crippen molar-refractivity contribution >= 4 is 11.8 Å². The van der Waals surface area contributed by atoms with Gasteiger partial charge in [-0.25, -0.2) is 9.48 Å². The first-order valence-corrected chi connectivity index (χ1v) is 8.37. The summed E-state index contributed by atoms with van der Waals surface area (Å²) in [5, 5.41) is 19.5. The van der Waals surface area contributed by atoms with Gasteiger partial charge in [-0.1, -0.05) is 30.3 Å². The first-order chi connectivity index (χ1) is 12.0. The highest BCUT2D eigenvalue weighted by molar-refractivity contribution is 5.89. The van der Waals surface area contributed by atoms with Crippen LogP contribution in [0.5, 0.6) is 0 Å². The zero-order valence-electron chi connectivity index (χ0n) is 14.9. The number of carbonyl (C=O) groups excluding carboxylic acids is 1. The van der Waals surface area contributed by atoms with E-state index in [4.69, 9.17) is 4.74 Å². The quantitative estimate of drug-likeness (QED) is 0.686. The molecule has 3 N–H and O–H groups in total. The zero-order chi connectivity index (χ0) is 18.2. The average Bonchev–Trinajstić information content (AvgIpc) is 3.03. The number of aliphatic hydroxyl groups is 1. The molecular formula is C18H26N4O3. The normalized spacial score (nSPS) is 12.2. The summed E-state index contributed by atoms with van der Waals surface area (Å²) in [6, 6.07) is 11.0. The first-order valence-electron chi connectivity index (χ1n) is 8.37. The highest BCUT2D eigenvalue weighted by Gasteiger charge is 2.16. The topological polar surface area (TPSA) is 88.4 Å². The highest BCUT2D eigenvalue weighted by Crippen LogP contribution is 2.24. The lowest BCUT2D eigenvalue weighted by molar-refractivity contribution is 0.161. The summed E-state index contributed by atoms with van der Waals surface area (Å²) < 4.78 is 6.75. The smallest absolute Gasteiger partial charge is 0.320 e. The maximum Gasteiger partial charge on any atom is 0.320 e. The number of urea groups is 1. The van der Waals surface area contributed by atoms with Gasteiger partial charge in [-0.15, -0.1) is 0 Å². The van der Waals surface area contributed by atoms with Gasteiger partial charge < -0.3 is 15.2 Å². The number of ether oxygens (including phenoxy) is 1. The standard InChI is InChI=1S/C18H26N4O3/c1-13(2)22-17(11-16(21-22)14-7-5-4-6-8-14)20-18(24)19-15(12-23)9-10-25-3/h4-8,11,13,15,23H,9-10,12H2,1-3H3,(H2,19,20,24)/t15-/m1/s1. The largest absolute Gasteiger partial charge is 0.394 e. The molecule has 1 aromatic carbocycles. The molecular weight excluding hydrogens is 320 g/mol. The van der Waals surface area contributed by atoms with Gasteiger partial charge >= 0.3 is 6.03 Å². The SMILES string of the molecule is COCC[C@H](CO)NC(=O)Nc1cc(-c2ccccc2)nn1C(C)C. The van der Waals surface area contributed by atoms with Crippen LogP contribution in [0.25, 0.3) is 11.3 Å². The predicted molar refractivity (Wildman–Crippen MR) is 97.6 cm³/mol. The molecule has 0 saturated heterocycles. The van der Waals surface area contributed by atoms with E-state index in [1.807, 2.05) is 50.2 Å². The van der Waals surface area contributed by atoms with Crippen molar-refractivity contribution in [2.24, 2.45) is 0 Å². The van der Waals surface area contributed by atoms with E-state index in [2.05, 4.69) is 15.7 Å². The fraction of sp³-hybridized carbons (Fsp3) is 0.444. The van der Waals surface area contributed by atoms with Crippen LogP contribution in [0.15, 0.2) is 36.4 Å². The van der Waals surface area contributed by atoms with E-state index in [-0.39, 0.29) is 24.7 Å². The van der Waals surface area contributed by atoms with Gasteiger partial charge in [0.1, 0.15) is 5.82 Å². The van der Waals surface area contributed by atoms with Crippen molar-refractivity contribution in [1.29, 1.82) is 0 Å². The van der Waals surface area contributed by atoms with Crippen LogP contribution in [0.1, 0.15) is 26.3 Å². The van der Waals surface area contributed by atoms with E-state index < -0.39 is 0 Å². The summed E-state index contributed by atoms with van der Waals surface area (Å²) in [5.41, 5.74) is 1.78. The third-order valence-electron chi connectivity index (χ3n) is 3.76. The molecule has 2 aromatic rings. The molecule has 1 aromatic heterocycles. The first kappa shape index (κ1) is 19.0. The van der Waals surface area contributed by atoms with Crippen LogP contribution in [-0.2, 0) is 4.74 Å². The second-order valence-corrected chi connectivity index (χ2v) is 6.08. The zero-order valence-corrected chi connectivity index (χ0v) is 14.9. The third kappa shape index (κ3) is 5.30. The second kappa shape index (κ2) is 9.19.